The Morgan fingerprint density at radius 2 is 1.55 bits per heavy atom. The Bertz CT molecular complexity index is 855. The SMILES string of the molecule is CC(=O)N(CC(=O)N1CCN(c2cccc(C)c2)CC1)c1ccc(N(C)C)cc1. The van der Waals surface area contributed by atoms with Crippen LogP contribution in [0.3, 0.4) is 0 Å². The minimum Gasteiger partial charge on any atom is -0.378 e. The topological polar surface area (TPSA) is 47.1 Å². The Hall–Kier alpha value is -3.02. The summed E-state index contributed by atoms with van der Waals surface area (Å²) in [7, 11) is 3.94. The summed E-state index contributed by atoms with van der Waals surface area (Å²) in [6.45, 7) is 6.59. The molecule has 0 spiro atoms. The van der Waals surface area contributed by atoms with Gasteiger partial charge in [-0.1, -0.05) is 12.1 Å². The number of piperazine rings is 1. The molecule has 3 rings (SSSR count). The van der Waals surface area contributed by atoms with E-state index in [0.29, 0.717) is 13.1 Å². The van der Waals surface area contributed by atoms with Crippen LogP contribution in [0.25, 0.3) is 0 Å². The van der Waals surface area contributed by atoms with E-state index < -0.39 is 0 Å². The number of benzene rings is 2. The fourth-order valence-corrected chi connectivity index (χ4v) is 3.59. The minimum atomic E-state index is -0.130. The molecule has 2 aromatic rings. The number of carbonyl (C=O) groups excluding carboxylic acids is 2. The summed E-state index contributed by atoms with van der Waals surface area (Å²) < 4.78 is 0. The Labute approximate surface area is 173 Å². The summed E-state index contributed by atoms with van der Waals surface area (Å²) in [6.07, 6.45) is 0. The molecule has 0 atom stereocenters. The summed E-state index contributed by atoms with van der Waals surface area (Å²) in [4.78, 5) is 32.8. The predicted octanol–water partition coefficient (Wildman–Crippen LogP) is 2.76. The lowest BCUT2D eigenvalue weighted by Crippen LogP contribution is -2.51. The molecule has 1 saturated heterocycles. The van der Waals surface area contributed by atoms with Gasteiger partial charge in [0.2, 0.25) is 11.8 Å². The molecule has 1 aliphatic heterocycles. The summed E-state index contributed by atoms with van der Waals surface area (Å²) in [5.41, 5.74) is 4.23. The Kier molecular flexibility index (Phi) is 6.42. The van der Waals surface area contributed by atoms with Crippen molar-refractivity contribution in [3.63, 3.8) is 0 Å². The zero-order valence-electron chi connectivity index (χ0n) is 17.8. The van der Waals surface area contributed by atoms with Crippen molar-refractivity contribution in [3.05, 3.63) is 54.1 Å². The van der Waals surface area contributed by atoms with Gasteiger partial charge in [0.05, 0.1) is 0 Å². The Morgan fingerprint density at radius 1 is 0.931 bits per heavy atom. The summed E-state index contributed by atoms with van der Waals surface area (Å²) in [5.74, 6) is -0.143. The molecule has 2 aromatic carbocycles. The number of nitrogens with zero attached hydrogens (tertiary/aromatic N) is 4. The molecule has 6 heteroatoms. The zero-order valence-corrected chi connectivity index (χ0v) is 17.8. The number of hydrogen-bond acceptors (Lipinski definition) is 4. The first-order valence-corrected chi connectivity index (χ1v) is 10.00. The summed E-state index contributed by atoms with van der Waals surface area (Å²) >= 11 is 0. The van der Waals surface area contributed by atoms with Crippen molar-refractivity contribution in [2.24, 2.45) is 0 Å². The van der Waals surface area contributed by atoms with Gasteiger partial charge >= 0.3 is 0 Å². The lowest BCUT2D eigenvalue weighted by molar-refractivity contribution is -0.131. The van der Waals surface area contributed by atoms with Crippen molar-refractivity contribution in [2.45, 2.75) is 13.8 Å². The van der Waals surface area contributed by atoms with E-state index in [-0.39, 0.29) is 18.4 Å². The second kappa shape index (κ2) is 8.99. The summed E-state index contributed by atoms with van der Waals surface area (Å²) in [6, 6.07) is 16.1. The zero-order chi connectivity index (χ0) is 21.0. The van der Waals surface area contributed by atoms with E-state index in [1.54, 1.807) is 4.90 Å². The lowest BCUT2D eigenvalue weighted by Gasteiger charge is -2.37. The molecule has 0 aliphatic carbocycles. The Morgan fingerprint density at radius 3 is 2.10 bits per heavy atom. The molecule has 154 valence electrons. The van der Waals surface area contributed by atoms with Crippen LogP contribution in [0.5, 0.6) is 0 Å². The lowest BCUT2D eigenvalue weighted by atomic mass is 10.2. The van der Waals surface area contributed by atoms with Crippen LogP contribution in [-0.2, 0) is 9.59 Å². The average Bonchev–Trinajstić information content (AvgIpc) is 2.72. The van der Waals surface area contributed by atoms with Crippen molar-refractivity contribution in [1.82, 2.24) is 4.90 Å². The molecule has 0 aromatic heterocycles. The van der Waals surface area contributed by atoms with Crippen LogP contribution in [-0.4, -0.2) is 63.5 Å². The third-order valence-corrected chi connectivity index (χ3v) is 5.35. The van der Waals surface area contributed by atoms with E-state index in [1.807, 2.05) is 48.2 Å². The van der Waals surface area contributed by atoms with Crippen molar-refractivity contribution >= 4 is 28.9 Å². The van der Waals surface area contributed by atoms with Crippen LogP contribution < -0.4 is 14.7 Å². The van der Waals surface area contributed by atoms with E-state index in [4.69, 9.17) is 0 Å². The van der Waals surface area contributed by atoms with Gasteiger partial charge in [0, 0.05) is 64.3 Å². The molecule has 0 unspecified atom stereocenters. The second-order valence-electron chi connectivity index (χ2n) is 7.72. The van der Waals surface area contributed by atoms with E-state index in [1.165, 1.54) is 18.2 Å². The van der Waals surface area contributed by atoms with Crippen LogP contribution in [0.4, 0.5) is 17.1 Å². The molecule has 0 saturated carbocycles. The largest absolute Gasteiger partial charge is 0.378 e. The minimum absolute atomic E-state index is 0.0132. The fourth-order valence-electron chi connectivity index (χ4n) is 3.59. The van der Waals surface area contributed by atoms with E-state index in [2.05, 4.69) is 36.1 Å². The molecule has 0 bridgehead atoms. The summed E-state index contributed by atoms with van der Waals surface area (Å²) in [5, 5.41) is 0. The van der Waals surface area contributed by atoms with Crippen LogP contribution in [0.1, 0.15) is 12.5 Å². The van der Waals surface area contributed by atoms with Gasteiger partial charge in [-0.3, -0.25) is 9.59 Å². The maximum atomic E-state index is 12.9. The molecule has 1 aliphatic rings. The third-order valence-electron chi connectivity index (χ3n) is 5.35. The van der Waals surface area contributed by atoms with E-state index in [0.717, 1.165) is 24.5 Å². The number of rotatable bonds is 5. The van der Waals surface area contributed by atoms with Crippen molar-refractivity contribution in [2.75, 3.05) is 61.5 Å². The molecular weight excluding hydrogens is 364 g/mol. The first-order valence-electron chi connectivity index (χ1n) is 10.00. The number of amides is 2. The predicted molar refractivity (Wildman–Crippen MR) is 119 cm³/mol. The maximum Gasteiger partial charge on any atom is 0.242 e. The van der Waals surface area contributed by atoms with Gasteiger partial charge in [-0.25, -0.2) is 0 Å². The maximum absolute atomic E-state index is 12.9. The highest BCUT2D eigenvalue weighted by atomic mass is 16.2. The fraction of sp³-hybridized carbons (Fsp3) is 0.391. The van der Waals surface area contributed by atoms with Crippen molar-refractivity contribution < 1.29 is 9.59 Å². The molecule has 0 N–H and O–H groups in total. The highest BCUT2D eigenvalue weighted by Crippen LogP contribution is 2.21. The number of hydrogen-bond donors (Lipinski definition) is 0. The first-order chi connectivity index (χ1) is 13.8. The van der Waals surface area contributed by atoms with Gasteiger partial charge in [0.1, 0.15) is 6.54 Å². The van der Waals surface area contributed by atoms with Crippen LogP contribution in [0.15, 0.2) is 48.5 Å². The second-order valence-corrected chi connectivity index (χ2v) is 7.72. The highest BCUT2D eigenvalue weighted by Gasteiger charge is 2.24. The normalized spacial score (nSPS) is 13.9. The van der Waals surface area contributed by atoms with Crippen LogP contribution in [0, 0.1) is 6.92 Å². The van der Waals surface area contributed by atoms with Crippen LogP contribution in [0.2, 0.25) is 0 Å². The van der Waals surface area contributed by atoms with Crippen molar-refractivity contribution in [1.29, 1.82) is 0 Å². The van der Waals surface area contributed by atoms with Crippen LogP contribution >= 0.6 is 0 Å². The third kappa shape index (κ3) is 5.08. The average molecular weight is 395 g/mol. The first kappa shape index (κ1) is 20.7. The van der Waals surface area contributed by atoms with Gasteiger partial charge in [0.25, 0.3) is 0 Å². The van der Waals surface area contributed by atoms with E-state index >= 15 is 0 Å². The van der Waals surface area contributed by atoms with Crippen molar-refractivity contribution in [3.8, 4) is 0 Å². The number of anilines is 3. The van der Waals surface area contributed by atoms with Gasteiger partial charge < -0.3 is 19.6 Å². The highest BCUT2D eigenvalue weighted by molar-refractivity contribution is 5.97. The number of carbonyl (C=O) groups is 2. The molecule has 0 radical (unpaired) electrons. The molecule has 1 fully saturated rings. The van der Waals surface area contributed by atoms with Gasteiger partial charge in [-0.05, 0) is 48.9 Å². The quantitative estimate of drug-likeness (QED) is 0.782. The molecule has 6 nitrogen and oxygen atoms in total. The molecule has 2 amide bonds. The monoisotopic (exact) mass is 394 g/mol. The van der Waals surface area contributed by atoms with E-state index in [9.17, 15) is 9.59 Å². The smallest absolute Gasteiger partial charge is 0.242 e. The van der Waals surface area contributed by atoms with Gasteiger partial charge in [-0.15, -0.1) is 0 Å². The molecule has 1 heterocycles. The molecule has 29 heavy (non-hydrogen) atoms. The standard InChI is InChI=1S/C23H30N4O2/c1-18-6-5-7-22(16-18)25-12-14-26(15-13-25)23(29)17-27(19(2)28)21-10-8-20(9-11-21)24(3)4/h5-11,16H,12-15,17H2,1-4H3. The Balaban J connectivity index is 1.61. The molecular formula is C23H30N4O2. The number of aryl methyl sites for hydroxylation is 1. The van der Waals surface area contributed by atoms with Gasteiger partial charge in [-0.2, -0.15) is 0 Å². The van der Waals surface area contributed by atoms with Gasteiger partial charge in [0.15, 0.2) is 0 Å².